The molecule has 1 nitrogen and oxygen atoms in total. The largest absolute Gasteiger partial charge is 0.402 e. The smallest absolute Gasteiger partial charge is 0.0123 e. The SMILES string of the molecule is CC1CCCC(N)=C1C1(C)C=CC=CC1. The zero-order valence-electron chi connectivity index (χ0n) is 9.79. The fraction of sp³-hybridized carbons (Fsp3) is 0.571. The van der Waals surface area contributed by atoms with Gasteiger partial charge in [-0.05, 0) is 37.2 Å². The summed E-state index contributed by atoms with van der Waals surface area (Å²) in [6.45, 7) is 4.63. The normalized spacial score (nSPS) is 36.0. The molecule has 2 N–H and O–H groups in total. The molecule has 0 aromatic rings. The maximum atomic E-state index is 6.21. The highest BCUT2D eigenvalue weighted by atomic mass is 14.6. The van der Waals surface area contributed by atoms with E-state index in [1.165, 1.54) is 18.4 Å². The van der Waals surface area contributed by atoms with Crippen LogP contribution >= 0.6 is 0 Å². The highest BCUT2D eigenvalue weighted by molar-refractivity contribution is 5.33. The lowest BCUT2D eigenvalue weighted by molar-refractivity contribution is 0.397. The summed E-state index contributed by atoms with van der Waals surface area (Å²) < 4.78 is 0. The van der Waals surface area contributed by atoms with Crippen LogP contribution in [-0.4, -0.2) is 0 Å². The van der Waals surface area contributed by atoms with E-state index in [2.05, 4.69) is 38.2 Å². The number of hydrogen-bond donors (Lipinski definition) is 1. The molecule has 0 spiro atoms. The molecule has 2 aliphatic carbocycles. The lowest BCUT2D eigenvalue weighted by Crippen LogP contribution is -2.28. The van der Waals surface area contributed by atoms with Crippen LogP contribution in [0.5, 0.6) is 0 Å². The average molecular weight is 203 g/mol. The Morgan fingerprint density at radius 3 is 2.80 bits per heavy atom. The first-order chi connectivity index (χ1) is 7.13. The number of rotatable bonds is 1. The molecule has 2 aliphatic rings. The Labute approximate surface area is 92.7 Å². The van der Waals surface area contributed by atoms with Gasteiger partial charge in [-0.3, -0.25) is 0 Å². The molecule has 82 valence electrons. The van der Waals surface area contributed by atoms with Gasteiger partial charge in [0.25, 0.3) is 0 Å². The van der Waals surface area contributed by atoms with Gasteiger partial charge < -0.3 is 5.73 Å². The van der Waals surface area contributed by atoms with Gasteiger partial charge in [0, 0.05) is 11.1 Å². The lowest BCUT2D eigenvalue weighted by Gasteiger charge is -2.37. The monoisotopic (exact) mass is 203 g/mol. The zero-order chi connectivity index (χ0) is 10.9. The first kappa shape index (κ1) is 10.5. The summed E-state index contributed by atoms with van der Waals surface area (Å²) in [6, 6.07) is 0. The van der Waals surface area contributed by atoms with Crippen LogP contribution in [-0.2, 0) is 0 Å². The summed E-state index contributed by atoms with van der Waals surface area (Å²) in [5.41, 5.74) is 9.03. The molecule has 2 unspecified atom stereocenters. The maximum absolute atomic E-state index is 6.21. The van der Waals surface area contributed by atoms with E-state index in [1.54, 1.807) is 0 Å². The summed E-state index contributed by atoms with van der Waals surface area (Å²) in [5.74, 6) is 0.653. The van der Waals surface area contributed by atoms with Crippen molar-refractivity contribution in [3.63, 3.8) is 0 Å². The van der Waals surface area contributed by atoms with Gasteiger partial charge in [-0.1, -0.05) is 38.2 Å². The van der Waals surface area contributed by atoms with Crippen molar-refractivity contribution in [2.24, 2.45) is 17.1 Å². The lowest BCUT2D eigenvalue weighted by atomic mass is 9.68. The summed E-state index contributed by atoms with van der Waals surface area (Å²) in [5, 5.41) is 0. The minimum Gasteiger partial charge on any atom is -0.402 e. The van der Waals surface area contributed by atoms with Gasteiger partial charge in [-0.15, -0.1) is 0 Å². The summed E-state index contributed by atoms with van der Waals surface area (Å²) >= 11 is 0. The maximum Gasteiger partial charge on any atom is 0.0123 e. The topological polar surface area (TPSA) is 26.0 Å². The second kappa shape index (κ2) is 3.88. The quantitative estimate of drug-likeness (QED) is 0.693. The van der Waals surface area contributed by atoms with Gasteiger partial charge in [0.2, 0.25) is 0 Å². The third-order valence-corrected chi connectivity index (χ3v) is 3.79. The van der Waals surface area contributed by atoms with Crippen LogP contribution in [0, 0.1) is 11.3 Å². The van der Waals surface area contributed by atoms with Crippen LogP contribution < -0.4 is 5.73 Å². The second-order valence-electron chi connectivity index (χ2n) is 5.14. The molecule has 0 fully saturated rings. The van der Waals surface area contributed by atoms with Crippen LogP contribution in [0.15, 0.2) is 35.6 Å². The molecule has 2 rings (SSSR count). The van der Waals surface area contributed by atoms with Crippen molar-refractivity contribution >= 4 is 0 Å². The highest BCUT2D eigenvalue weighted by Crippen LogP contribution is 2.44. The van der Waals surface area contributed by atoms with E-state index >= 15 is 0 Å². The third kappa shape index (κ3) is 1.88. The molecule has 2 atom stereocenters. The Balaban J connectivity index is 2.35. The van der Waals surface area contributed by atoms with Gasteiger partial charge in [0.15, 0.2) is 0 Å². The fourth-order valence-electron chi connectivity index (χ4n) is 3.05. The molecule has 0 saturated carbocycles. The van der Waals surface area contributed by atoms with Crippen LogP contribution in [0.4, 0.5) is 0 Å². The van der Waals surface area contributed by atoms with Crippen LogP contribution in [0.25, 0.3) is 0 Å². The highest BCUT2D eigenvalue weighted by Gasteiger charge is 2.33. The Kier molecular flexibility index (Phi) is 2.72. The molecular formula is C14H21N. The Morgan fingerprint density at radius 2 is 2.20 bits per heavy atom. The van der Waals surface area contributed by atoms with Crippen molar-refractivity contribution in [1.82, 2.24) is 0 Å². The summed E-state index contributed by atoms with van der Waals surface area (Å²) in [4.78, 5) is 0. The van der Waals surface area contributed by atoms with E-state index in [4.69, 9.17) is 5.73 Å². The standard InChI is InChI=1S/C14H21N/c1-11-7-6-8-12(15)13(11)14(2)9-4-3-5-10-14/h3-5,9,11H,6-8,10,15H2,1-2H3. The minimum atomic E-state index is 0.179. The van der Waals surface area contributed by atoms with Gasteiger partial charge >= 0.3 is 0 Å². The average Bonchev–Trinajstić information content (AvgIpc) is 2.18. The minimum absolute atomic E-state index is 0.179. The number of hydrogen-bond acceptors (Lipinski definition) is 1. The van der Waals surface area contributed by atoms with Crippen LogP contribution in [0.2, 0.25) is 0 Å². The number of nitrogens with two attached hydrogens (primary N) is 1. The molecule has 0 amide bonds. The number of allylic oxidation sites excluding steroid dienone is 6. The van der Waals surface area contributed by atoms with Crippen LogP contribution in [0.3, 0.4) is 0 Å². The van der Waals surface area contributed by atoms with E-state index in [0.29, 0.717) is 5.92 Å². The molecular weight excluding hydrogens is 182 g/mol. The predicted molar refractivity (Wildman–Crippen MR) is 65.2 cm³/mol. The van der Waals surface area contributed by atoms with Crippen molar-refractivity contribution in [1.29, 1.82) is 0 Å². The Morgan fingerprint density at radius 1 is 1.40 bits per heavy atom. The van der Waals surface area contributed by atoms with E-state index in [1.807, 2.05) is 0 Å². The van der Waals surface area contributed by atoms with Gasteiger partial charge in [0.1, 0.15) is 0 Å². The third-order valence-electron chi connectivity index (χ3n) is 3.79. The van der Waals surface area contributed by atoms with Crippen molar-refractivity contribution in [2.75, 3.05) is 0 Å². The van der Waals surface area contributed by atoms with E-state index in [0.717, 1.165) is 18.5 Å². The summed E-state index contributed by atoms with van der Waals surface area (Å²) in [7, 11) is 0. The first-order valence-corrected chi connectivity index (χ1v) is 5.97. The second-order valence-corrected chi connectivity index (χ2v) is 5.14. The predicted octanol–water partition coefficient (Wildman–Crippen LogP) is 3.54. The van der Waals surface area contributed by atoms with E-state index in [-0.39, 0.29) is 5.41 Å². The molecule has 0 aromatic heterocycles. The van der Waals surface area contributed by atoms with E-state index < -0.39 is 0 Å². The van der Waals surface area contributed by atoms with Gasteiger partial charge in [0.05, 0.1) is 0 Å². The molecule has 1 heteroatoms. The van der Waals surface area contributed by atoms with Crippen molar-refractivity contribution in [2.45, 2.75) is 39.5 Å². The molecule has 0 bridgehead atoms. The molecule has 0 aliphatic heterocycles. The van der Waals surface area contributed by atoms with Gasteiger partial charge in [-0.25, -0.2) is 0 Å². The van der Waals surface area contributed by atoms with Crippen molar-refractivity contribution in [3.8, 4) is 0 Å². The Bertz CT molecular complexity index is 335. The van der Waals surface area contributed by atoms with E-state index in [9.17, 15) is 0 Å². The Hall–Kier alpha value is -0.980. The summed E-state index contributed by atoms with van der Waals surface area (Å²) in [6.07, 6.45) is 13.6. The molecule has 0 aromatic carbocycles. The van der Waals surface area contributed by atoms with Crippen molar-refractivity contribution in [3.05, 3.63) is 35.6 Å². The molecule has 0 radical (unpaired) electrons. The van der Waals surface area contributed by atoms with Gasteiger partial charge in [-0.2, -0.15) is 0 Å². The fourth-order valence-corrected chi connectivity index (χ4v) is 3.05. The van der Waals surface area contributed by atoms with Crippen molar-refractivity contribution < 1.29 is 0 Å². The molecule has 0 heterocycles. The zero-order valence-corrected chi connectivity index (χ0v) is 9.79. The first-order valence-electron chi connectivity index (χ1n) is 5.97. The molecule has 0 saturated heterocycles. The van der Waals surface area contributed by atoms with Crippen LogP contribution in [0.1, 0.15) is 39.5 Å². The molecule has 15 heavy (non-hydrogen) atoms.